The van der Waals surface area contributed by atoms with Crippen LogP contribution in [-0.2, 0) is 0 Å². The molecule has 3 aromatic heterocycles. The second kappa shape index (κ2) is 5.26. The lowest BCUT2D eigenvalue weighted by atomic mass is 10.1. The summed E-state index contributed by atoms with van der Waals surface area (Å²) >= 11 is 1.67. The lowest BCUT2D eigenvalue weighted by Crippen LogP contribution is -2.38. The van der Waals surface area contributed by atoms with Gasteiger partial charge in [-0.25, -0.2) is 4.98 Å². The minimum absolute atomic E-state index is 0.273. The molecule has 0 aliphatic carbocycles. The van der Waals surface area contributed by atoms with Gasteiger partial charge in [-0.15, -0.1) is 11.3 Å². The number of β-amino-alcohol motifs (C(OH)–C–C–N with tert-alkyl or cyclic N) is 1. The molecule has 1 aliphatic heterocycles. The van der Waals surface area contributed by atoms with E-state index in [0.29, 0.717) is 12.4 Å². The van der Waals surface area contributed by atoms with Crippen molar-refractivity contribution >= 4 is 33.1 Å². The molecular formula is C15H17N5OS. The summed E-state index contributed by atoms with van der Waals surface area (Å²) < 4.78 is 1.10. The number of rotatable bonds is 2. The number of hydrogen-bond donors (Lipinski definition) is 3. The van der Waals surface area contributed by atoms with Crippen molar-refractivity contribution in [2.24, 2.45) is 0 Å². The average molecular weight is 315 g/mol. The van der Waals surface area contributed by atoms with Crippen molar-refractivity contribution in [2.75, 3.05) is 23.7 Å². The van der Waals surface area contributed by atoms with Gasteiger partial charge in [0.1, 0.15) is 5.82 Å². The van der Waals surface area contributed by atoms with Gasteiger partial charge in [-0.3, -0.25) is 5.10 Å². The molecule has 1 aliphatic rings. The van der Waals surface area contributed by atoms with Crippen molar-refractivity contribution in [3.8, 4) is 10.6 Å². The average Bonchev–Trinajstić information content (AvgIpc) is 3.15. The first kappa shape index (κ1) is 13.5. The zero-order valence-electron chi connectivity index (χ0n) is 12.0. The molecule has 4 heterocycles. The maximum absolute atomic E-state index is 9.94. The predicted octanol–water partition coefficient (Wildman–Crippen LogP) is 2.23. The number of aliphatic hydroxyl groups excluding tert-OH is 1. The molecular weight excluding hydrogens is 298 g/mol. The molecule has 1 fully saturated rings. The summed E-state index contributed by atoms with van der Waals surface area (Å²) in [6, 6.07) is 5.89. The quantitative estimate of drug-likeness (QED) is 0.674. The van der Waals surface area contributed by atoms with Gasteiger partial charge in [-0.1, -0.05) is 0 Å². The standard InChI is InChI=1S/C15H17N5OS/c16-14-7-12(20-5-1-2-9(21)8-20)15-11(18-14)6-13(22-15)10-3-4-17-19-10/h3-4,6-7,9,21H,1-2,5,8H2,(H2,16,18)(H,17,19). The second-order valence-corrected chi connectivity index (χ2v) is 6.66. The number of nitrogens with one attached hydrogen (secondary N) is 1. The molecule has 1 atom stereocenters. The molecule has 0 bridgehead atoms. The largest absolute Gasteiger partial charge is 0.391 e. The number of hydrogen-bond acceptors (Lipinski definition) is 6. The Bertz CT molecular complexity index is 798. The van der Waals surface area contributed by atoms with E-state index >= 15 is 0 Å². The molecule has 6 nitrogen and oxygen atoms in total. The molecule has 7 heteroatoms. The first-order chi connectivity index (χ1) is 10.7. The summed E-state index contributed by atoms with van der Waals surface area (Å²) in [5.41, 5.74) is 8.92. The number of pyridine rings is 1. The third-order valence-corrected chi connectivity index (χ3v) is 5.16. The summed E-state index contributed by atoms with van der Waals surface area (Å²) in [6.45, 7) is 1.59. The fraction of sp³-hybridized carbons (Fsp3) is 0.333. The number of H-pyrrole nitrogens is 1. The topological polar surface area (TPSA) is 91.1 Å². The van der Waals surface area contributed by atoms with Gasteiger partial charge < -0.3 is 15.7 Å². The van der Waals surface area contributed by atoms with E-state index in [-0.39, 0.29) is 6.10 Å². The van der Waals surface area contributed by atoms with Crippen molar-refractivity contribution in [2.45, 2.75) is 18.9 Å². The Morgan fingerprint density at radius 3 is 3.09 bits per heavy atom. The number of thiophene rings is 1. The van der Waals surface area contributed by atoms with E-state index < -0.39 is 0 Å². The van der Waals surface area contributed by atoms with Crippen LogP contribution in [0.5, 0.6) is 0 Å². The van der Waals surface area contributed by atoms with E-state index in [4.69, 9.17) is 5.73 Å². The van der Waals surface area contributed by atoms with Crippen molar-refractivity contribution in [3.63, 3.8) is 0 Å². The van der Waals surface area contributed by atoms with E-state index in [1.54, 1.807) is 17.5 Å². The number of aromatic nitrogens is 3. The van der Waals surface area contributed by atoms with Gasteiger partial charge in [0.05, 0.1) is 32.6 Å². The molecule has 114 valence electrons. The zero-order valence-corrected chi connectivity index (χ0v) is 12.8. The normalized spacial score (nSPS) is 19.0. The van der Waals surface area contributed by atoms with Crippen LogP contribution >= 0.6 is 11.3 Å². The van der Waals surface area contributed by atoms with Crippen LogP contribution in [0.15, 0.2) is 24.4 Å². The van der Waals surface area contributed by atoms with Gasteiger partial charge >= 0.3 is 0 Å². The fourth-order valence-electron chi connectivity index (χ4n) is 2.96. The van der Waals surface area contributed by atoms with Crippen LogP contribution in [0.3, 0.4) is 0 Å². The minimum atomic E-state index is -0.273. The molecule has 1 saturated heterocycles. The van der Waals surface area contributed by atoms with E-state index in [2.05, 4.69) is 20.1 Å². The Hall–Kier alpha value is -2.12. The highest BCUT2D eigenvalue weighted by molar-refractivity contribution is 7.22. The molecule has 0 saturated carbocycles. The van der Waals surface area contributed by atoms with Crippen molar-refractivity contribution in [3.05, 3.63) is 24.4 Å². The fourth-order valence-corrected chi connectivity index (χ4v) is 4.08. The SMILES string of the molecule is Nc1cc(N2CCCC(O)C2)c2sc(-c3ccn[nH]3)cc2n1. The summed E-state index contributed by atoms with van der Waals surface area (Å²) in [4.78, 5) is 7.74. The molecule has 4 N–H and O–H groups in total. The lowest BCUT2D eigenvalue weighted by molar-refractivity contribution is 0.154. The molecule has 0 spiro atoms. The Morgan fingerprint density at radius 2 is 2.32 bits per heavy atom. The van der Waals surface area contributed by atoms with E-state index in [1.807, 2.05) is 18.2 Å². The smallest absolute Gasteiger partial charge is 0.126 e. The van der Waals surface area contributed by atoms with Crippen LogP contribution < -0.4 is 10.6 Å². The van der Waals surface area contributed by atoms with E-state index in [1.165, 1.54) is 0 Å². The second-order valence-electron chi connectivity index (χ2n) is 5.60. The van der Waals surface area contributed by atoms with E-state index in [9.17, 15) is 5.11 Å². The van der Waals surface area contributed by atoms with Crippen molar-refractivity contribution < 1.29 is 5.11 Å². The molecule has 22 heavy (non-hydrogen) atoms. The molecule has 1 unspecified atom stereocenters. The van der Waals surface area contributed by atoms with Crippen LogP contribution in [0.2, 0.25) is 0 Å². The van der Waals surface area contributed by atoms with Crippen LogP contribution in [0.4, 0.5) is 11.5 Å². The van der Waals surface area contributed by atoms with Gasteiger partial charge in [0, 0.05) is 25.4 Å². The number of nitrogens with zero attached hydrogens (tertiary/aromatic N) is 3. The summed E-state index contributed by atoms with van der Waals surface area (Å²) in [7, 11) is 0. The van der Waals surface area contributed by atoms with E-state index in [0.717, 1.165) is 45.9 Å². The van der Waals surface area contributed by atoms with Crippen LogP contribution in [0.25, 0.3) is 20.8 Å². The number of fused-ring (bicyclic) bond motifs is 1. The highest BCUT2D eigenvalue weighted by atomic mass is 32.1. The maximum atomic E-state index is 9.94. The molecule has 0 amide bonds. The lowest BCUT2D eigenvalue weighted by Gasteiger charge is -2.32. The maximum Gasteiger partial charge on any atom is 0.126 e. The number of nitrogens with two attached hydrogens (primary N) is 1. The van der Waals surface area contributed by atoms with Gasteiger partial charge in [-0.05, 0) is 25.0 Å². The molecule has 0 aromatic carbocycles. The van der Waals surface area contributed by atoms with Crippen LogP contribution in [-0.4, -0.2) is 39.5 Å². The third-order valence-electron chi connectivity index (χ3n) is 3.98. The number of anilines is 2. The Morgan fingerprint density at radius 1 is 1.41 bits per heavy atom. The van der Waals surface area contributed by atoms with Gasteiger partial charge in [0.15, 0.2) is 0 Å². The zero-order chi connectivity index (χ0) is 15.1. The summed E-state index contributed by atoms with van der Waals surface area (Å²) in [5, 5.41) is 16.9. The van der Waals surface area contributed by atoms with Crippen molar-refractivity contribution in [1.29, 1.82) is 0 Å². The predicted molar refractivity (Wildman–Crippen MR) is 89.1 cm³/mol. The molecule has 0 radical (unpaired) electrons. The monoisotopic (exact) mass is 315 g/mol. The molecule has 3 aromatic rings. The number of aliphatic hydroxyl groups is 1. The Labute approximate surface area is 131 Å². The Kier molecular flexibility index (Phi) is 3.24. The van der Waals surface area contributed by atoms with Crippen molar-refractivity contribution in [1.82, 2.24) is 15.2 Å². The van der Waals surface area contributed by atoms with Crippen LogP contribution in [0, 0.1) is 0 Å². The Balaban J connectivity index is 1.83. The minimum Gasteiger partial charge on any atom is -0.391 e. The third kappa shape index (κ3) is 2.32. The first-order valence-electron chi connectivity index (χ1n) is 7.33. The van der Waals surface area contributed by atoms with Crippen LogP contribution in [0.1, 0.15) is 12.8 Å². The highest BCUT2D eigenvalue weighted by Crippen LogP contribution is 2.39. The first-order valence-corrected chi connectivity index (χ1v) is 8.15. The number of piperidine rings is 1. The number of aromatic amines is 1. The van der Waals surface area contributed by atoms with Gasteiger partial charge in [0.25, 0.3) is 0 Å². The highest BCUT2D eigenvalue weighted by Gasteiger charge is 2.21. The van der Waals surface area contributed by atoms with Gasteiger partial charge in [0.2, 0.25) is 0 Å². The van der Waals surface area contributed by atoms with Gasteiger partial charge in [-0.2, -0.15) is 5.10 Å². The summed E-state index contributed by atoms with van der Waals surface area (Å²) in [6.07, 6.45) is 3.32. The summed E-state index contributed by atoms with van der Waals surface area (Å²) in [5.74, 6) is 0.511. The number of nitrogen functional groups attached to an aromatic ring is 1. The molecule has 4 rings (SSSR count).